The van der Waals surface area contributed by atoms with Crippen LogP contribution in [0.5, 0.6) is 0 Å². The van der Waals surface area contributed by atoms with E-state index in [1.807, 2.05) is 18.2 Å². The van der Waals surface area contributed by atoms with Crippen molar-refractivity contribution in [3.8, 4) is 0 Å². The van der Waals surface area contributed by atoms with Crippen LogP contribution in [0.2, 0.25) is 5.02 Å². The van der Waals surface area contributed by atoms with Crippen LogP contribution in [-0.2, 0) is 4.79 Å². The van der Waals surface area contributed by atoms with Crippen molar-refractivity contribution in [1.29, 1.82) is 0 Å². The number of piperazine rings is 1. The van der Waals surface area contributed by atoms with E-state index < -0.39 is 0 Å². The average molecular weight is 308 g/mol. The Labute approximate surface area is 131 Å². The fourth-order valence-electron chi connectivity index (χ4n) is 2.84. The second-order valence-electron chi connectivity index (χ2n) is 6.07. The van der Waals surface area contributed by atoms with Gasteiger partial charge in [0.15, 0.2) is 0 Å². The Kier molecular flexibility index (Phi) is 4.36. The second-order valence-corrected chi connectivity index (χ2v) is 6.51. The topological polar surface area (TPSA) is 35.6 Å². The van der Waals surface area contributed by atoms with Gasteiger partial charge < -0.3 is 15.1 Å². The molecule has 1 amide bonds. The van der Waals surface area contributed by atoms with Gasteiger partial charge in [-0.3, -0.25) is 4.79 Å². The van der Waals surface area contributed by atoms with Crippen molar-refractivity contribution in [1.82, 2.24) is 4.90 Å². The Morgan fingerprint density at radius 1 is 1.24 bits per heavy atom. The minimum Gasteiger partial charge on any atom is -0.367 e. The van der Waals surface area contributed by atoms with Crippen molar-refractivity contribution in [2.45, 2.75) is 19.3 Å². The van der Waals surface area contributed by atoms with E-state index in [9.17, 15) is 4.79 Å². The number of likely N-dealkylation sites (N-methyl/N-ethyl adjacent to an activating group) is 1. The van der Waals surface area contributed by atoms with Crippen LogP contribution in [0, 0.1) is 5.92 Å². The van der Waals surface area contributed by atoms with Gasteiger partial charge in [0.05, 0.1) is 11.4 Å². The quantitative estimate of drug-likeness (QED) is 0.933. The Morgan fingerprint density at radius 2 is 1.95 bits per heavy atom. The van der Waals surface area contributed by atoms with Crippen LogP contribution in [0.3, 0.4) is 0 Å². The zero-order valence-electron chi connectivity index (χ0n) is 12.4. The molecule has 0 unspecified atom stereocenters. The predicted molar refractivity (Wildman–Crippen MR) is 87.1 cm³/mol. The Balaban J connectivity index is 1.77. The zero-order chi connectivity index (χ0) is 14.8. The first-order valence-electron chi connectivity index (χ1n) is 7.67. The molecule has 0 spiro atoms. The first kappa shape index (κ1) is 14.7. The van der Waals surface area contributed by atoms with Gasteiger partial charge in [-0.2, -0.15) is 0 Å². The average Bonchev–Trinajstić information content (AvgIpc) is 2.38. The van der Waals surface area contributed by atoms with E-state index in [2.05, 4.69) is 22.2 Å². The molecule has 21 heavy (non-hydrogen) atoms. The van der Waals surface area contributed by atoms with Crippen LogP contribution >= 0.6 is 11.6 Å². The van der Waals surface area contributed by atoms with Gasteiger partial charge in [-0.15, -0.1) is 0 Å². The number of nitrogens with zero attached hydrogens (tertiary/aromatic N) is 2. The lowest BCUT2D eigenvalue weighted by molar-refractivity contribution is -0.122. The van der Waals surface area contributed by atoms with E-state index in [1.54, 1.807) is 0 Å². The van der Waals surface area contributed by atoms with Crippen LogP contribution in [-0.4, -0.2) is 44.0 Å². The number of nitrogens with one attached hydrogen (secondary N) is 1. The summed E-state index contributed by atoms with van der Waals surface area (Å²) < 4.78 is 0. The number of amides is 1. The highest BCUT2D eigenvalue weighted by Gasteiger charge is 2.26. The Bertz CT molecular complexity index is 522. The highest BCUT2D eigenvalue weighted by Crippen LogP contribution is 2.33. The van der Waals surface area contributed by atoms with Crippen LogP contribution in [0.1, 0.15) is 19.3 Å². The summed E-state index contributed by atoms with van der Waals surface area (Å²) in [4.78, 5) is 16.9. The molecule has 2 aliphatic rings. The molecule has 2 fully saturated rings. The molecule has 1 saturated carbocycles. The molecule has 0 aromatic heterocycles. The molecule has 0 atom stereocenters. The SMILES string of the molecule is CN1CCN(c2ccc(Cl)cc2NC(=O)C2CCC2)CC1. The fourth-order valence-corrected chi connectivity index (χ4v) is 3.01. The zero-order valence-corrected chi connectivity index (χ0v) is 13.2. The number of benzene rings is 1. The molecule has 3 rings (SSSR count). The van der Waals surface area contributed by atoms with E-state index in [-0.39, 0.29) is 11.8 Å². The number of hydrogen-bond acceptors (Lipinski definition) is 3. The Hall–Kier alpha value is -1.26. The molecule has 1 aliphatic carbocycles. The summed E-state index contributed by atoms with van der Waals surface area (Å²) in [6.45, 7) is 4.03. The summed E-state index contributed by atoms with van der Waals surface area (Å²) in [6.07, 6.45) is 3.19. The largest absolute Gasteiger partial charge is 0.367 e. The standard InChI is InChI=1S/C16H22ClN3O/c1-19-7-9-20(10-8-19)15-6-5-13(17)11-14(15)18-16(21)12-3-2-4-12/h5-6,11-12H,2-4,7-10H2,1H3,(H,18,21). The van der Waals surface area contributed by atoms with E-state index >= 15 is 0 Å². The van der Waals surface area contributed by atoms with Gasteiger partial charge in [0.2, 0.25) is 5.91 Å². The minimum absolute atomic E-state index is 0.138. The summed E-state index contributed by atoms with van der Waals surface area (Å²) in [6, 6.07) is 5.78. The summed E-state index contributed by atoms with van der Waals surface area (Å²) in [5.74, 6) is 0.322. The second kappa shape index (κ2) is 6.24. The normalized spacial score (nSPS) is 20.2. The van der Waals surface area contributed by atoms with Gasteiger partial charge in [-0.25, -0.2) is 0 Å². The number of rotatable bonds is 3. The third-order valence-corrected chi connectivity index (χ3v) is 4.77. The molecule has 0 radical (unpaired) electrons. The number of carbonyl (C=O) groups is 1. The highest BCUT2D eigenvalue weighted by atomic mass is 35.5. The molecule has 4 nitrogen and oxygen atoms in total. The molecule has 1 saturated heterocycles. The van der Waals surface area contributed by atoms with Gasteiger partial charge in [-0.1, -0.05) is 18.0 Å². The van der Waals surface area contributed by atoms with Gasteiger partial charge in [0.25, 0.3) is 0 Å². The molecule has 0 bridgehead atoms. The van der Waals surface area contributed by atoms with Crippen LogP contribution in [0.15, 0.2) is 18.2 Å². The first-order chi connectivity index (χ1) is 10.1. The molecule has 114 valence electrons. The maximum atomic E-state index is 12.2. The predicted octanol–water partition coefficient (Wildman–Crippen LogP) is 2.83. The van der Waals surface area contributed by atoms with E-state index in [0.717, 1.165) is 50.4 Å². The van der Waals surface area contributed by atoms with Crippen molar-refractivity contribution in [2.24, 2.45) is 5.92 Å². The maximum Gasteiger partial charge on any atom is 0.227 e. The van der Waals surface area contributed by atoms with E-state index in [4.69, 9.17) is 11.6 Å². The molecule has 1 heterocycles. The summed E-state index contributed by atoms with van der Waals surface area (Å²) in [5, 5.41) is 3.75. The summed E-state index contributed by atoms with van der Waals surface area (Å²) in [5.41, 5.74) is 1.93. The molecule has 1 aromatic carbocycles. The van der Waals surface area contributed by atoms with Crippen molar-refractivity contribution < 1.29 is 4.79 Å². The highest BCUT2D eigenvalue weighted by molar-refractivity contribution is 6.31. The molecule has 1 N–H and O–H groups in total. The molecule has 5 heteroatoms. The van der Waals surface area contributed by atoms with Gasteiger partial charge in [-0.05, 0) is 38.1 Å². The van der Waals surface area contributed by atoms with Crippen molar-refractivity contribution in [2.75, 3.05) is 43.4 Å². The molecule has 1 aromatic rings. The number of halogens is 1. The van der Waals surface area contributed by atoms with Crippen molar-refractivity contribution in [3.05, 3.63) is 23.2 Å². The summed E-state index contributed by atoms with van der Waals surface area (Å²) in [7, 11) is 2.14. The van der Waals surface area contributed by atoms with Gasteiger partial charge in [0.1, 0.15) is 0 Å². The molecule has 1 aliphatic heterocycles. The van der Waals surface area contributed by atoms with Crippen LogP contribution in [0.4, 0.5) is 11.4 Å². The number of anilines is 2. The lowest BCUT2D eigenvalue weighted by Gasteiger charge is -2.35. The number of carbonyl (C=O) groups excluding carboxylic acids is 1. The fraction of sp³-hybridized carbons (Fsp3) is 0.562. The lowest BCUT2D eigenvalue weighted by atomic mass is 9.85. The lowest BCUT2D eigenvalue weighted by Crippen LogP contribution is -2.44. The van der Waals surface area contributed by atoms with Gasteiger partial charge in [0, 0.05) is 37.1 Å². The van der Waals surface area contributed by atoms with Gasteiger partial charge >= 0.3 is 0 Å². The maximum absolute atomic E-state index is 12.2. The van der Waals surface area contributed by atoms with Crippen molar-refractivity contribution in [3.63, 3.8) is 0 Å². The third kappa shape index (κ3) is 3.33. The third-order valence-electron chi connectivity index (χ3n) is 4.54. The van der Waals surface area contributed by atoms with E-state index in [0.29, 0.717) is 5.02 Å². The molecular formula is C16H22ClN3O. The number of hydrogen-bond donors (Lipinski definition) is 1. The smallest absolute Gasteiger partial charge is 0.227 e. The van der Waals surface area contributed by atoms with E-state index in [1.165, 1.54) is 6.42 Å². The van der Waals surface area contributed by atoms with Crippen molar-refractivity contribution >= 4 is 28.9 Å². The Morgan fingerprint density at radius 3 is 2.57 bits per heavy atom. The van der Waals surface area contributed by atoms with Crippen LogP contribution < -0.4 is 10.2 Å². The first-order valence-corrected chi connectivity index (χ1v) is 8.05. The minimum atomic E-state index is 0.138. The van der Waals surface area contributed by atoms with Crippen LogP contribution in [0.25, 0.3) is 0 Å². The monoisotopic (exact) mass is 307 g/mol. The summed E-state index contributed by atoms with van der Waals surface area (Å²) >= 11 is 6.11. The molecular weight excluding hydrogens is 286 g/mol.